The Balaban J connectivity index is 1.74. The average molecular weight is 331 g/mol. The highest BCUT2D eigenvalue weighted by Gasteiger charge is 2.46. The molecule has 1 aromatic carbocycles. The van der Waals surface area contributed by atoms with Gasteiger partial charge in [-0.2, -0.15) is 4.31 Å². The van der Waals surface area contributed by atoms with E-state index in [2.05, 4.69) is 4.74 Å². The first kappa shape index (κ1) is 14.3. The summed E-state index contributed by atoms with van der Waals surface area (Å²) >= 11 is 5.79. The molecule has 0 saturated carbocycles. The largest absolute Gasteiger partial charge is 0.439 e. The number of rotatable bonds is 3. The predicted molar refractivity (Wildman–Crippen MR) is 72.2 cm³/mol. The van der Waals surface area contributed by atoms with Gasteiger partial charge in [0.2, 0.25) is 10.0 Å². The van der Waals surface area contributed by atoms with Crippen LogP contribution in [0.15, 0.2) is 29.2 Å². The number of hydrogen-bond donors (Lipinski definition) is 0. The third-order valence-corrected chi connectivity index (χ3v) is 5.48. The second-order valence-corrected chi connectivity index (χ2v) is 7.13. The lowest BCUT2D eigenvalue weighted by atomic mass is 10.1. The smallest absolute Gasteiger partial charge is 0.417 e. The summed E-state index contributed by atoms with van der Waals surface area (Å²) in [5, 5.41) is 0.325. The quantitative estimate of drug-likeness (QED) is 0.814. The molecule has 21 heavy (non-hydrogen) atoms. The number of ether oxygens (including phenoxy) is 1. The number of sulfonamides is 1. The van der Waals surface area contributed by atoms with Crippen LogP contribution < -0.4 is 0 Å². The van der Waals surface area contributed by atoms with E-state index in [-0.39, 0.29) is 24.6 Å². The Hall–Kier alpha value is -1.64. The molecular weight excluding hydrogens is 320 g/mol. The number of nitrogens with zero attached hydrogens (tertiary/aromatic N) is 2. The summed E-state index contributed by atoms with van der Waals surface area (Å²) < 4.78 is 30.5. The number of imide groups is 1. The minimum Gasteiger partial charge on any atom is -0.439 e. The molecule has 0 N–H and O–H groups in total. The van der Waals surface area contributed by atoms with Gasteiger partial charge in [0.1, 0.15) is 0 Å². The van der Waals surface area contributed by atoms with Crippen LogP contribution in [-0.4, -0.2) is 55.4 Å². The fourth-order valence-electron chi connectivity index (χ4n) is 2.27. The molecule has 2 fully saturated rings. The molecule has 7 nitrogen and oxygen atoms in total. The van der Waals surface area contributed by atoms with Gasteiger partial charge in [-0.25, -0.2) is 18.1 Å². The summed E-state index contributed by atoms with van der Waals surface area (Å²) in [6, 6.07) is 5.47. The van der Waals surface area contributed by atoms with Gasteiger partial charge in [-0.1, -0.05) is 17.7 Å². The molecule has 112 valence electrons. The van der Waals surface area contributed by atoms with E-state index >= 15 is 0 Å². The molecule has 0 aromatic heterocycles. The lowest BCUT2D eigenvalue weighted by Gasteiger charge is -2.40. The standard InChI is InChI=1S/C12H11ClN2O5S/c13-8-2-1-3-10(4-8)21(18,19)14-5-9(6-14)15-11(16)7-20-12(15)17/h1-4,9H,5-7H2. The van der Waals surface area contributed by atoms with Crippen LogP contribution in [0.4, 0.5) is 4.79 Å². The highest BCUT2D eigenvalue weighted by Crippen LogP contribution is 2.27. The van der Waals surface area contributed by atoms with Crippen LogP contribution in [0.2, 0.25) is 5.02 Å². The Labute approximate surface area is 126 Å². The number of cyclic esters (lactones) is 1. The third kappa shape index (κ3) is 2.39. The molecule has 0 atom stereocenters. The molecule has 9 heteroatoms. The molecule has 2 saturated heterocycles. The van der Waals surface area contributed by atoms with Crippen molar-refractivity contribution in [3.05, 3.63) is 29.3 Å². The van der Waals surface area contributed by atoms with Crippen molar-refractivity contribution in [2.45, 2.75) is 10.9 Å². The van der Waals surface area contributed by atoms with Gasteiger partial charge in [0.15, 0.2) is 6.61 Å². The van der Waals surface area contributed by atoms with E-state index in [9.17, 15) is 18.0 Å². The van der Waals surface area contributed by atoms with E-state index in [1.165, 1.54) is 16.4 Å². The van der Waals surface area contributed by atoms with Gasteiger partial charge in [-0.15, -0.1) is 0 Å². The van der Waals surface area contributed by atoms with Crippen molar-refractivity contribution in [1.82, 2.24) is 9.21 Å². The Morgan fingerprint density at radius 1 is 1.24 bits per heavy atom. The fraction of sp³-hybridized carbons (Fsp3) is 0.333. The van der Waals surface area contributed by atoms with E-state index in [1.807, 2.05) is 0 Å². The maximum atomic E-state index is 12.3. The zero-order valence-corrected chi connectivity index (χ0v) is 12.3. The van der Waals surface area contributed by atoms with Crippen LogP contribution in [0.25, 0.3) is 0 Å². The minimum atomic E-state index is -3.66. The summed E-state index contributed by atoms with van der Waals surface area (Å²) in [6.07, 6.45) is -0.718. The molecule has 2 aliphatic heterocycles. The highest BCUT2D eigenvalue weighted by atomic mass is 35.5. The Morgan fingerprint density at radius 2 is 1.95 bits per heavy atom. The number of halogens is 1. The molecule has 0 radical (unpaired) electrons. The van der Waals surface area contributed by atoms with Crippen LogP contribution in [0.1, 0.15) is 0 Å². The van der Waals surface area contributed by atoms with Crippen LogP contribution in [0.5, 0.6) is 0 Å². The summed E-state index contributed by atoms with van der Waals surface area (Å²) in [5.41, 5.74) is 0. The van der Waals surface area contributed by atoms with Gasteiger partial charge in [0, 0.05) is 18.1 Å². The first-order valence-electron chi connectivity index (χ1n) is 6.14. The van der Waals surface area contributed by atoms with Gasteiger partial charge in [0.25, 0.3) is 5.91 Å². The van der Waals surface area contributed by atoms with E-state index in [0.717, 1.165) is 4.90 Å². The summed E-state index contributed by atoms with van der Waals surface area (Å²) in [7, 11) is -3.66. The molecule has 2 heterocycles. The second-order valence-electron chi connectivity index (χ2n) is 4.75. The van der Waals surface area contributed by atoms with E-state index in [1.54, 1.807) is 12.1 Å². The Morgan fingerprint density at radius 3 is 2.52 bits per heavy atom. The molecule has 0 unspecified atom stereocenters. The zero-order valence-electron chi connectivity index (χ0n) is 10.7. The SMILES string of the molecule is O=C1COC(=O)N1C1CN(S(=O)(=O)c2cccc(Cl)c2)C1. The number of carbonyl (C=O) groups is 2. The highest BCUT2D eigenvalue weighted by molar-refractivity contribution is 7.89. The first-order chi connectivity index (χ1) is 9.89. The molecule has 0 bridgehead atoms. The van der Waals surface area contributed by atoms with E-state index in [0.29, 0.717) is 5.02 Å². The van der Waals surface area contributed by atoms with Gasteiger partial charge >= 0.3 is 6.09 Å². The van der Waals surface area contributed by atoms with E-state index < -0.39 is 28.1 Å². The monoisotopic (exact) mass is 330 g/mol. The molecule has 1 aromatic rings. The molecule has 2 aliphatic rings. The molecule has 0 aliphatic carbocycles. The molecule has 3 rings (SSSR count). The van der Waals surface area contributed by atoms with Gasteiger partial charge in [0.05, 0.1) is 10.9 Å². The van der Waals surface area contributed by atoms with Crippen molar-refractivity contribution in [3.8, 4) is 0 Å². The van der Waals surface area contributed by atoms with Crippen molar-refractivity contribution in [3.63, 3.8) is 0 Å². The number of benzene rings is 1. The topological polar surface area (TPSA) is 84.0 Å². The normalized spacial score (nSPS) is 20.5. The lowest BCUT2D eigenvalue weighted by Crippen LogP contribution is -2.62. The second kappa shape index (κ2) is 4.97. The maximum Gasteiger partial charge on any atom is 0.417 e. The van der Waals surface area contributed by atoms with Crippen LogP contribution in [0, 0.1) is 0 Å². The number of amides is 2. The van der Waals surface area contributed by atoms with Crippen molar-refractivity contribution >= 4 is 33.6 Å². The van der Waals surface area contributed by atoms with Gasteiger partial charge in [-0.3, -0.25) is 4.79 Å². The van der Waals surface area contributed by atoms with Crippen LogP contribution in [0.3, 0.4) is 0 Å². The van der Waals surface area contributed by atoms with Crippen molar-refractivity contribution in [1.29, 1.82) is 0 Å². The fourth-order valence-corrected chi connectivity index (χ4v) is 4.09. The third-order valence-electron chi connectivity index (χ3n) is 3.41. The summed E-state index contributed by atoms with van der Waals surface area (Å²) in [6.45, 7) is -0.151. The first-order valence-corrected chi connectivity index (χ1v) is 7.96. The summed E-state index contributed by atoms with van der Waals surface area (Å²) in [4.78, 5) is 23.9. The minimum absolute atomic E-state index is 0.0652. The zero-order chi connectivity index (χ0) is 15.2. The molecule has 0 spiro atoms. The van der Waals surface area contributed by atoms with Crippen molar-refractivity contribution in [2.75, 3.05) is 19.7 Å². The number of hydrogen-bond acceptors (Lipinski definition) is 5. The van der Waals surface area contributed by atoms with Crippen molar-refractivity contribution < 1.29 is 22.7 Å². The predicted octanol–water partition coefficient (Wildman–Crippen LogP) is 0.692. The molecule has 2 amide bonds. The van der Waals surface area contributed by atoms with Gasteiger partial charge < -0.3 is 4.74 Å². The average Bonchev–Trinajstić information content (AvgIpc) is 2.69. The van der Waals surface area contributed by atoms with Crippen LogP contribution in [-0.2, 0) is 19.6 Å². The molecular formula is C12H11ClN2O5S. The Kier molecular flexibility index (Phi) is 3.39. The lowest BCUT2D eigenvalue weighted by molar-refractivity contribution is -0.128. The Bertz CT molecular complexity index is 698. The van der Waals surface area contributed by atoms with E-state index in [4.69, 9.17) is 11.6 Å². The number of carbonyl (C=O) groups excluding carboxylic acids is 2. The van der Waals surface area contributed by atoms with Crippen molar-refractivity contribution in [2.24, 2.45) is 0 Å². The summed E-state index contributed by atoms with van der Waals surface area (Å²) in [5.74, 6) is -0.440. The van der Waals surface area contributed by atoms with Gasteiger partial charge in [-0.05, 0) is 18.2 Å². The van der Waals surface area contributed by atoms with Crippen LogP contribution >= 0.6 is 11.6 Å². The maximum absolute atomic E-state index is 12.3.